The van der Waals surface area contributed by atoms with Gasteiger partial charge in [0.05, 0.1) is 17.3 Å². The summed E-state index contributed by atoms with van der Waals surface area (Å²) in [6.07, 6.45) is 2.79. The van der Waals surface area contributed by atoms with Crippen molar-refractivity contribution in [2.75, 3.05) is 6.61 Å². The molecule has 0 amide bonds. The number of hydrogen-bond donors (Lipinski definition) is 1. The number of rotatable bonds is 7. The number of esters is 2. The summed E-state index contributed by atoms with van der Waals surface area (Å²) >= 11 is 0. The molecule has 1 aliphatic carbocycles. The number of carboxylic acid groups (broad SMARTS) is 1. The zero-order chi connectivity index (χ0) is 17.6. The van der Waals surface area contributed by atoms with Gasteiger partial charge in [0.1, 0.15) is 12.7 Å². The fourth-order valence-electron chi connectivity index (χ4n) is 2.54. The normalized spacial score (nSPS) is 23.0. The van der Waals surface area contributed by atoms with Crippen LogP contribution in [0.15, 0.2) is 0 Å². The molecule has 0 aromatic carbocycles. The zero-order valence-electron chi connectivity index (χ0n) is 14.5. The minimum absolute atomic E-state index is 0.0484. The van der Waals surface area contributed by atoms with Gasteiger partial charge in [-0.05, 0) is 40.0 Å². The van der Waals surface area contributed by atoms with Crippen LogP contribution in [0.25, 0.3) is 0 Å². The molecule has 0 spiro atoms. The first-order chi connectivity index (χ1) is 10.7. The first-order valence-electron chi connectivity index (χ1n) is 8.29. The Morgan fingerprint density at radius 3 is 2.26 bits per heavy atom. The van der Waals surface area contributed by atoms with Crippen molar-refractivity contribution in [2.24, 2.45) is 17.3 Å². The number of carbonyl (C=O) groups is 3. The molecule has 0 heterocycles. The third-order valence-electron chi connectivity index (χ3n) is 4.59. The van der Waals surface area contributed by atoms with E-state index >= 15 is 0 Å². The highest BCUT2D eigenvalue weighted by Crippen LogP contribution is 2.31. The van der Waals surface area contributed by atoms with E-state index in [9.17, 15) is 19.5 Å². The molecular weight excluding hydrogens is 300 g/mol. The predicted octanol–water partition coefficient (Wildman–Crippen LogP) is 2.79. The number of carboxylic acids is 1. The van der Waals surface area contributed by atoms with Crippen LogP contribution in [0.2, 0.25) is 0 Å². The molecule has 23 heavy (non-hydrogen) atoms. The lowest BCUT2D eigenvalue weighted by molar-refractivity contribution is -0.169. The average Bonchev–Trinajstić information content (AvgIpc) is 2.52. The second kappa shape index (κ2) is 8.31. The predicted molar refractivity (Wildman–Crippen MR) is 83.7 cm³/mol. The standard InChI is InChI=1S/C17H28O6/c1-5-17(3,4)16(21)23-11(2)10-22-15(20)13-9-7-6-8-12(13)14(18)19/h11-13H,5-10H2,1-4H3,(H,18,19). The maximum atomic E-state index is 12.1. The van der Waals surface area contributed by atoms with Gasteiger partial charge < -0.3 is 14.6 Å². The summed E-state index contributed by atoms with van der Waals surface area (Å²) in [7, 11) is 0. The summed E-state index contributed by atoms with van der Waals surface area (Å²) in [5.41, 5.74) is -0.573. The smallest absolute Gasteiger partial charge is 0.311 e. The fraction of sp³-hybridized carbons (Fsp3) is 0.824. The van der Waals surface area contributed by atoms with Gasteiger partial charge >= 0.3 is 17.9 Å². The van der Waals surface area contributed by atoms with Crippen molar-refractivity contribution < 1.29 is 29.0 Å². The van der Waals surface area contributed by atoms with E-state index in [2.05, 4.69) is 0 Å². The first-order valence-corrected chi connectivity index (χ1v) is 8.29. The van der Waals surface area contributed by atoms with Crippen molar-refractivity contribution in [3.63, 3.8) is 0 Å². The summed E-state index contributed by atoms with van der Waals surface area (Å²) < 4.78 is 10.5. The molecule has 0 radical (unpaired) electrons. The van der Waals surface area contributed by atoms with Gasteiger partial charge in [-0.15, -0.1) is 0 Å². The summed E-state index contributed by atoms with van der Waals surface area (Å²) in [5, 5.41) is 9.19. The van der Waals surface area contributed by atoms with E-state index in [1.54, 1.807) is 20.8 Å². The molecule has 1 rings (SSSR count). The average molecular weight is 328 g/mol. The Balaban J connectivity index is 2.48. The highest BCUT2D eigenvalue weighted by Gasteiger charge is 2.37. The van der Waals surface area contributed by atoms with E-state index in [4.69, 9.17) is 9.47 Å². The summed E-state index contributed by atoms with van der Waals surface area (Å²) in [5.74, 6) is -3.06. The second-order valence-corrected chi connectivity index (χ2v) is 6.92. The lowest BCUT2D eigenvalue weighted by atomic mass is 9.79. The Bertz CT molecular complexity index is 442. The molecule has 0 bridgehead atoms. The van der Waals surface area contributed by atoms with Gasteiger partial charge in [-0.1, -0.05) is 19.8 Å². The molecular formula is C17H28O6. The topological polar surface area (TPSA) is 89.9 Å². The molecule has 132 valence electrons. The monoisotopic (exact) mass is 328 g/mol. The van der Waals surface area contributed by atoms with Crippen LogP contribution in [0.5, 0.6) is 0 Å². The van der Waals surface area contributed by atoms with Crippen LogP contribution in [0.1, 0.15) is 59.8 Å². The van der Waals surface area contributed by atoms with Crippen molar-refractivity contribution in [3.8, 4) is 0 Å². The minimum atomic E-state index is -0.948. The zero-order valence-corrected chi connectivity index (χ0v) is 14.5. The van der Waals surface area contributed by atoms with Gasteiger partial charge in [0, 0.05) is 0 Å². The van der Waals surface area contributed by atoms with Gasteiger partial charge in [-0.25, -0.2) is 0 Å². The highest BCUT2D eigenvalue weighted by molar-refractivity contribution is 5.81. The van der Waals surface area contributed by atoms with E-state index < -0.39 is 35.3 Å². The maximum Gasteiger partial charge on any atom is 0.311 e. The lowest BCUT2D eigenvalue weighted by Crippen LogP contribution is -2.36. The van der Waals surface area contributed by atoms with Crippen LogP contribution >= 0.6 is 0 Å². The number of carbonyl (C=O) groups excluding carboxylic acids is 2. The van der Waals surface area contributed by atoms with Gasteiger partial charge in [0.15, 0.2) is 0 Å². The quantitative estimate of drug-likeness (QED) is 0.723. The molecule has 3 atom stereocenters. The van der Waals surface area contributed by atoms with Crippen LogP contribution in [0.4, 0.5) is 0 Å². The summed E-state index contributed by atoms with van der Waals surface area (Å²) in [6, 6.07) is 0. The molecule has 1 fully saturated rings. The molecule has 1 saturated carbocycles. The Kier molecular flexibility index (Phi) is 7.03. The van der Waals surface area contributed by atoms with Gasteiger partial charge in [0.2, 0.25) is 0 Å². The van der Waals surface area contributed by atoms with Gasteiger partial charge in [-0.2, -0.15) is 0 Å². The van der Waals surface area contributed by atoms with Crippen molar-refractivity contribution in [1.29, 1.82) is 0 Å². The van der Waals surface area contributed by atoms with Gasteiger partial charge in [0.25, 0.3) is 0 Å². The summed E-state index contributed by atoms with van der Waals surface area (Å²) in [4.78, 5) is 35.3. The number of ether oxygens (including phenoxy) is 2. The number of hydrogen-bond acceptors (Lipinski definition) is 5. The molecule has 1 N–H and O–H groups in total. The Hall–Kier alpha value is -1.59. The van der Waals surface area contributed by atoms with E-state index in [1.807, 2.05) is 6.92 Å². The van der Waals surface area contributed by atoms with Crippen LogP contribution in [0.3, 0.4) is 0 Å². The van der Waals surface area contributed by atoms with Crippen molar-refractivity contribution in [3.05, 3.63) is 0 Å². The van der Waals surface area contributed by atoms with Crippen LogP contribution in [-0.2, 0) is 23.9 Å². The largest absolute Gasteiger partial charge is 0.481 e. The van der Waals surface area contributed by atoms with E-state index in [-0.39, 0.29) is 12.6 Å². The van der Waals surface area contributed by atoms with Crippen LogP contribution in [0, 0.1) is 17.3 Å². The Labute approximate surface area is 137 Å². The molecule has 3 unspecified atom stereocenters. The third-order valence-corrected chi connectivity index (χ3v) is 4.59. The Morgan fingerprint density at radius 1 is 1.17 bits per heavy atom. The molecule has 6 heteroatoms. The Morgan fingerprint density at radius 2 is 1.74 bits per heavy atom. The molecule has 0 aliphatic heterocycles. The highest BCUT2D eigenvalue weighted by atomic mass is 16.6. The molecule has 0 saturated heterocycles. The SMILES string of the molecule is CCC(C)(C)C(=O)OC(C)COC(=O)C1CCCCC1C(=O)O. The number of aliphatic carboxylic acids is 1. The maximum absolute atomic E-state index is 12.1. The van der Waals surface area contributed by atoms with Gasteiger partial charge in [-0.3, -0.25) is 14.4 Å². The third kappa shape index (κ3) is 5.52. The van der Waals surface area contributed by atoms with E-state index in [0.29, 0.717) is 19.3 Å². The fourth-order valence-corrected chi connectivity index (χ4v) is 2.54. The van der Waals surface area contributed by atoms with Crippen LogP contribution < -0.4 is 0 Å². The van der Waals surface area contributed by atoms with Crippen molar-refractivity contribution in [2.45, 2.75) is 65.9 Å². The molecule has 0 aromatic heterocycles. The minimum Gasteiger partial charge on any atom is -0.481 e. The first kappa shape index (κ1) is 19.5. The molecule has 1 aliphatic rings. The van der Waals surface area contributed by atoms with E-state index in [1.165, 1.54) is 0 Å². The second-order valence-electron chi connectivity index (χ2n) is 6.92. The lowest BCUT2D eigenvalue weighted by Gasteiger charge is -2.27. The van der Waals surface area contributed by atoms with E-state index in [0.717, 1.165) is 12.8 Å². The summed E-state index contributed by atoms with van der Waals surface area (Å²) in [6.45, 7) is 7.11. The molecule has 0 aromatic rings. The van der Waals surface area contributed by atoms with Crippen molar-refractivity contribution in [1.82, 2.24) is 0 Å². The van der Waals surface area contributed by atoms with Crippen LogP contribution in [-0.4, -0.2) is 35.7 Å². The van der Waals surface area contributed by atoms with Crippen molar-refractivity contribution >= 4 is 17.9 Å². The molecule has 6 nitrogen and oxygen atoms in total.